The minimum atomic E-state index is -1.10. The zero-order valence-electron chi connectivity index (χ0n) is 14.9. The molecule has 0 aliphatic heterocycles. The summed E-state index contributed by atoms with van der Waals surface area (Å²) < 4.78 is 5.37. The zero-order chi connectivity index (χ0) is 19.2. The first-order valence-electron chi connectivity index (χ1n) is 8.89. The van der Waals surface area contributed by atoms with Gasteiger partial charge in [-0.15, -0.1) is 12.3 Å². The number of carbonyl (C=O) groups is 2. The molecule has 5 heteroatoms. The van der Waals surface area contributed by atoms with Crippen molar-refractivity contribution in [1.29, 1.82) is 0 Å². The first-order chi connectivity index (χ1) is 13.1. The van der Waals surface area contributed by atoms with E-state index in [1.54, 1.807) is 0 Å². The van der Waals surface area contributed by atoms with Crippen molar-refractivity contribution in [2.75, 3.05) is 6.61 Å². The van der Waals surface area contributed by atoms with Gasteiger partial charge < -0.3 is 15.2 Å². The van der Waals surface area contributed by atoms with Crippen LogP contribution in [0.25, 0.3) is 11.1 Å². The maximum Gasteiger partial charge on any atom is 0.407 e. The Kier molecular flexibility index (Phi) is 5.77. The molecule has 0 saturated heterocycles. The lowest BCUT2D eigenvalue weighted by atomic mass is 9.98. The number of hydrogen-bond donors (Lipinski definition) is 2. The summed E-state index contributed by atoms with van der Waals surface area (Å²) in [5.74, 6) is 1.30. The van der Waals surface area contributed by atoms with Gasteiger partial charge in [-0.3, -0.25) is 0 Å². The van der Waals surface area contributed by atoms with E-state index in [4.69, 9.17) is 11.2 Å². The third-order valence-corrected chi connectivity index (χ3v) is 4.75. The minimum Gasteiger partial charge on any atom is -0.480 e. The fourth-order valence-electron chi connectivity index (χ4n) is 3.45. The quantitative estimate of drug-likeness (QED) is 0.580. The van der Waals surface area contributed by atoms with Gasteiger partial charge in [0.05, 0.1) is 0 Å². The lowest BCUT2D eigenvalue weighted by Gasteiger charge is -2.17. The number of alkyl carbamates (subject to hydrolysis) is 1. The molecule has 1 atom stereocenters. The molecule has 138 valence electrons. The summed E-state index contributed by atoms with van der Waals surface area (Å²) in [6.07, 6.45) is 5.71. The van der Waals surface area contributed by atoms with Crippen molar-refractivity contribution in [2.24, 2.45) is 0 Å². The highest BCUT2D eigenvalue weighted by Crippen LogP contribution is 2.44. The lowest BCUT2D eigenvalue weighted by Crippen LogP contribution is -2.41. The van der Waals surface area contributed by atoms with Crippen molar-refractivity contribution in [2.45, 2.75) is 31.2 Å². The highest BCUT2D eigenvalue weighted by molar-refractivity contribution is 5.81. The number of benzene rings is 2. The van der Waals surface area contributed by atoms with Gasteiger partial charge in [-0.2, -0.15) is 0 Å². The maximum absolute atomic E-state index is 12.1. The molecule has 2 aromatic rings. The number of fused-ring (bicyclic) bond motifs is 3. The number of terminal acetylenes is 1. The molecule has 0 bridgehead atoms. The van der Waals surface area contributed by atoms with E-state index in [1.165, 1.54) is 0 Å². The van der Waals surface area contributed by atoms with E-state index in [1.807, 2.05) is 36.4 Å². The van der Waals surface area contributed by atoms with E-state index in [9.17, 15) is 14.7 Å². The van der Waals surface area contributed by atoms with Gasteiger partial charge in [0.25, 0.3) is 0 Å². The zero-order valence-corrected chi connectivity index (χ0v) is 14.9. The van der Waals surface area contributed by atoms with Crippen LogP contribution >= 0.6 is 0 Å². The molecule has 0 heterocycles. The number of carboxylic acids is 1. The Morgan fingerprint density at radius 3 is 2.26 bits per heavy atom. The summed E-state index contributed by atoms with van der Waals surface area (Å²) in [5, 5.41) is 11.7. The second kappa shape index (κ2) is 8.41. The van der Waals surface area contributed by atoms with Crippen LogP contribution in [0.5, 0.6) is 0 Å². The summed E-state index contributed by atoms with van der Waals surface area (Å²) >= 11 is 0. The van der Waals surface area contributed by atoms with E-state index in [0.29, 0.717) is 12.8 Å². The fourth-order valence-corrected chi connectivity index (χ4v) is 3.45. The van der Waals surface area contributed by atoms with E-state index in [0.717, 1.165) is 22.3 Å². The Hall–Kier alpha value is -3.26. The Morgan fingerprint density at radius 2 is 1.70 bits per heavy atom. The van der Waals surface area contributed by atoms with E-state index in [-0.39, 0.29) is 18.9 Å². The molecule has 0 aromatic heterocycles. The monoisotopic (exact) mass is 363 g/mol. The van der Waals surface area contributed by atoms with Crippen LogP contribution in [0.2, 0.25) is 0 Å². The van der Waals surface area contributed by atoms with Crippen molar-refractivity contribution in [3.63, 3.8) is 0 Å². The predicted molar refractivity (Wildman–Crippen MR) is 102 cm³/mol. The van der Waals surface area contributed by atoms with E-state index in [2.05, 4.69) is 23.4 Å². The minimum absolute atomic E-state index is 0.0622. The number of carbonyl (C=O) groups excluding carboxylic acids is 1. The van der Waals surface area contributed by atoms with Crippen molar-refractivity contribution in [3.8, 4) is 23.5 Å². The number of ether oxygens (including phenoxy) is 1. The van der Waals surface area contributed by atoms with Crippen LogP contribution in [-0.2, 0) is 9.53 Å². The highest BCUT2D eigenvalue weighted by atomic mass is 16.5. The Bertz CT molecular complexity index is 838. The maximum atomic E-state index is 12.1. The number of amides is 1. The van der Waals surface area contributed by atoms with Gasteiger partial charge in [0.2, 0.25) is 0 Å². The number of unbranched alkanes of at least 4 members (excludes halogenated alkanes) is 1. The molecule has 0 saturated carbocycles. The number of aliphatic carboxylic acids is 1. The second-order valence-electron chi connectivity index (χ2n) is 6.46. The van der Waals surface area contributed by atoms with Crippen LogP contribution in [0.1, 0.15) is 36.3 Å². The second-order valence-corrected chi connectivity index (χ2v) is 6.46. The molecule has 1 amide bonds. The molecule has 27 heavy (non-hydrogen) atoms. The molecule has 1 aliphatic rings. The van der Waals surface area contributed by atoms with Crippen LogP contribution in [0.15, 0.2) is 48.5 Å². The van der Waals surface area contributed by atoms with Gasteiger partial charge in [-0.25, -0.2) is 9.59 Å². The van der Waals surface area contributed by atoms with Crippen LogP contribution < -0.4 is 5.32 Å². The van der Waals surface area contributed by atoms with Crippen LogP contribution in [0, 0.1) is 12.3 Å². The van der Waals surface area contributed by atoms with Gasteiger partial charge in [0, 0.05) is 12.3 Å². The SMILES string of the molecule is C#CCCC[C@@H](NC(=O)OCC1c2ccccc2-c2ccccc21)C(=O)O. The molecule has 2 aromatic carbocycles. The summed E-state index contributed by atoms with van der Waals surface area (Å²) in [6.45, 7) is 0.149. The molecule has 1 aliphatic carbocycles. The molecular weight excluding hydrogens is 342 g/mol. The van der Waals surface area contributed by atoms with Gasteiger partial charge in [-0.1, -0.05) is 48.5 Å². The number of carboxylic acid groups (broad SMARTS) is 1. The third kappa shape index (κ3) is 4.12. The average Bonchev–Trinajstić information content (AvgIpc) is 2.99. The summed E-state index contributed by atoms with van der Waals surface area (Å²) in [7, 11) is 0. The molecule has 2 N–H and O–H groups in total. The third-order valence-electron chi connectivity index (χ3n) is 4.75. The first kappa shape index (κ1) is 18.5. The molecule has 0 fully saturated rings. The Labute approximate surface area is 158 Å². The molecule has 5 nitrogen and oxygen atoms in total. The van der Waals surface area contributed by atoms with Crippen LogP contribution in [0.3, 0.4) is 0 Å². The normalized spacial score (nSPS) is 13.1. The summed E-state index contributed by atoms with van der Waals surface area (Å²) in [6, 6.07) is 15.1. The van der Waals surface area contributed by atoms with Crippen LogP contribution in [-0.4, -0.2) is 29.8 Å². The number of nitrogens with one attached hydrogen (secondary N) is 1. The highest BCUT2D eigenvalue weighted by Gasteiger charge is 2.29. The number of rotatable bonds is 7. The molecule has 3 rings (SSSR count). The Balaban J connectivity index is 1.65. The molecular formula is C22H21NO4. The lowest BCUT2D eigenvalue weighted by molar-refractivity contribution is -0.139. The van der Waals surface area contributed by atoms with Gasteiger partial charge in [0.1, 0.15) is 12.6 Å². The predicted octanol–water partition coefficient (Wildman–Crippen LogP) is 3.78. The van der Waals surface area contributed by atoms with Gasteiger partial charge in [0.15, 0.2) is 0 Å². The van der Waals surface area contributed by atoms with Gasteiger partial charge in [-0.05, 0) is 35.1 Å². The number of hydrogen-bond acceptors (Lipinski definition) is 3. The average molecular weight is 363 g/mol. The topological polar surface area (TPSA) is 75.6 Å². The van der Waals surface area contributed by atoms with Crippen molar-refractivity contribution in [3.05, 3.63) is 59.7 Å². The summed E-state index contributed by atoms with van der Waals surface area (Å²) in [5.41, 5.74) is 4.49. The smallest absolute Gasteiger partial charge is 0.407 e. The fraction of sp³-hybridized carbons (Fsp3) is 0.273. The summed E-state index contributed by atoms with van der Waals surface area (Å²) in [4.78, 5) is 23.4. The van der Waals surface area contributed by atoms with Crippen molar-refractivity contribution in [1.82, 2.24) is 5.32 Å². The van der Waals surface area contributed by atoms with Crippen LogP contribution in [0.4, 0.5) is 4.79 Å². The standard InChI is InChI=1S/C22H21NO4/c1-2-3-4-13-20(21(24)25)23-22(26)27-14-19-17-11-7-5-9-15(17)16-10-6-8-12-18(16)19/h1,5-12,19-20H,3-4,13-14H2,(H,23,26)(H,24,25)/t20-/m1/s1. The molecule has 0 unspecified atom stereocenters. The van der Waals surface area contributed by atoms with E-state index < -0.39 is 18.1 Å². The van der Waals surface area contributed by atoms with Crippen molar-refractivity contribution >= 4 is 12.1 Å². The van der Waals surface area contributed by atoms with Gasteiger partial charge >= 0.3 is 12.1 Å². The Morgan fingerprint density at radius 1 is 1.11 bits per heavy atom. The largest absolute Gasteiger partial charge is 0.480 e. The van der Waals surface area contributed by atoms with Crippen molar-refractivity contribution < 1.29 is 19.4 Å². The first-order valence-corrected chi connectivity index (χ1v) is 8.89. The molecule has 0 radical (unpaired) electrons. The molecule has 0 spiro atoms. The van der Waals surface area contributed by atoms with E-state index >= 15 is 0 Å².